The number of hydrogen-bond donors (Lipinski definition) is 1. The Morgan fingerprint density at radius 3 is 2.89 bits per heavy atom. The number of carbonyl (C=O) groups excluding carboxylic acids is 1. The lowest BCUT2D eigenvalue weighted by atomic mass is 10.7. The minimum Gasteiger partial charge on any atom is -0.450 e. The number of carbonyl (C=O) groups is 1. The molecule has 0 aliphatic heterocycles. The second-order valence-corrected chi connectivity index (χ2v) is 2.13. The van der Waals surface area contributed by atoms with Gasteiger partial charge in [0.15, 0.2) is 0 Å². The van der Waals surface area contributed by atoms with E-state index < -0.39 is 0 Å². The Hall–Kier alpha value is -0.250. The van der Waals surface area contributed by atoms with Gasteiger partial charge in [-0.05, 0) is 6.92 Å². The summed E-state index contributed by atoms with van der Waals surface area (Å²) in [5.41, 5.74) is 0. The summed E-state index contributed by atoms with van der Waals surface area (Å²) in [6.45, 7) is 2.81. The standard InChI is InChI=1S/C5H10BrNO2/c1-2-9-5(8)7-4-3-6/h2-4H2,1H3,(H,7,8). The van der Waals surface area contributed by atoms with Crippen molar-refractivity contribution < 1.29 is 9.53 Å². The lowest BCUT2D eigenvalue weighted by molar-refractivity contribution is 0.153. The molecule has 0 spiro atoms. The maximum absolute atomic E-state index is 10.4. The van der Waals surface area contributed by atoms with Gasteiger partial charge < -0.3 is 10.1 Å². The molecular weight excluding hydrogens is 186 g/mol. The zero-order valence-corrected chi connectivity index (χ0v) is 6.90. The number of hydrogen-bond acceptors (Lipinski definition) is 2. The predicted octanol–water partition coefficient (Wildman–Crippen LogP) is 1.13. The van der Waals surface area contributed by atoms with Crippen molar-refractivity contribution in [3.05, 3.63) is 0 Å². The second-order valence-electron chi connectivity index (χ2n) is 1.34. The van der Waals surface area contributed by atoms with E-state index in [1.807, 2.05) is 0 Å². The van der Waals surface area contributed by atoms with Crippen LogP contribution in [0.25, 0.3) is 0 Å². The van der Waals surface area contributed by atoms with Gasteiger partial charge in [0, 0.05) is 11.9 Å². The van der Waals surface area contributed by atoms with E-state index in [9.17, 15) is 4.79 Å². The molecular formula is C5H10BrNO2. The number of halogens is 1. The Labute approximate surface area is 62.9 Å². The number of alkyl carbamates (subject to hydrolysis) is 1. The molecule has 0 aliphatic rings. The maximum atomic E-state index is 10.4. The average molecular weight is 196 g/mol. The first-order valence-electron chi connectivity index (χ1n) is 2.77. The largest absolute Gasteiger partial charge is 0.450 e. The summed E-state index contributed by atoms with van der Waals surface area (Å²) in [5.74, 6) is 0. The first-order valence-corrected chi connectivity index (χ1v) is 3.90. The van der Waals surface area contributed by atoms with Crippen molar-refractivity contribution >= 4 is 22.0 Å². The van der Waals surface area contributed by atoms with Crippen LogP contribution < -0.4 is 5.32 Å². The number of rotatable bonds is 3. The Kier molecular flexibility index (Phi) is 5.72. The van der Waals surface area contributed by atoms with Crippen LogP contribution in [-0.2, 0) is 4.74 Å². The van der Waals surface area contributed by atoms with Gasteiger partial charge in [0.25, 0.3) is 0 Å². The van der Waals surface area contributed by atoms with Crippen molar-refractivity contribution in [2.24, 2.45) is 0 Å². The molecule has 0 rings (SSSR count). The molecule has 4 heteroatoms. The van der Waals surface area contributed by atoms with E-state index in [2.05, 4.69) is 26.0 Å². The number of amides is 1. The SMILES string of the molecule is CCOC(=O)NCCBr. The van der Waals surface area contributed by atoms with Gasteiger partial charge in [-0.1, -0.05) is 15.9 Å². The van der Waals surface area contributed by atoms with Gasteiger partial charge in [0.05, 0.1) is 6.61 Å². The monoisotopic (exact) mass is 195 g/mol. The van der Waals surface area contributed by atoms with Crippen LogP contribution in [0.3, 0.4) is 0 Å². The van der Waals surface area contributed by atoms with Gasteiger partial charge in [0.2, 0.25) is 0 Å². The van der Waals surface area contributed by atoms with Crippen LogP contribution >= 0.6 is 15.9 Å². The highest BCUT2D eigenvalue weighted by Gasteiger charge is 1.95. The molecule has 0 radical (unpaired) electrons. The quantitative estimate of drug-likeness (QED) is 0.687. The third kappa shape index (κ3) is 5.62. The summed E-state index contributed by atoms with van der Waals surface area (Å²) >= 11 is 3.16. The van der Waals surface area contributed by atoms with Crippen LogP contribution in [0, 0.1) is 0 Å². The molecule has 0 aromatic carbocycles. The van der Waals surface area contributed by atoms with Crippen molar-refractivity contribution in [3.63, 3.8) is 0 Å². The molecule has 0 unspecified atom stereocenters. The van der Waals surface area contributed by atoms with Gasteiger partial charge in [-0.25, -0.2) is 4.79 Å². The van der Waals surface area contributed by atoms with Gasteiger partial charge in [-0.3, -0.25) is 0 Å². The van der Waals surface area contributed by atoms with Gasteiger partial charge in [-0.15, -0.1) is 0 Å². The normalized spacial score (nSPS) is 8.67. The number of nitrogens with one attached hydrogen (secondary N) is 1. The molecule has 1 N–H and O–H groups in total. The Morgan fingerprint density at radius 1 is 1.78 bits per heavy atom. The first-order chi connectivity index (χ1) is 4.31. The van der Waals surface area contributed by atoms with Crippen molar-refractivity contribution in [2.45, 2.75) is 6.92 Å². The molecule has 0 saturated heterocycles. The van der Waals surface area contributed by atoms with E-state index >= 15 is 0 Å². The highest BCUT2D eigenvalue weighted by Crippen LogP contribution is 1.78. The van der Waals surface area contributed by atoms with Gasteiger partial charge >= 0.3 is 6.09 Å². The molecule has 0 bridgehead atoms. The van der Waals surface area contributed by atoms with E-state index in [-0.39, 0.29) is 6.09 Å². The Morgan fingerprint density at radius 2 is 2.44 bits per heavy atom. The van der Waals surface area contributed by atoms with E-state index in [0.29, 0.717) is 13.2 Å². The molecule has 0 aromatic heterocycles. The number of ether oxygens (including phenoxy) is 1. The van der Waals surface area contributed by atoms with Crippen LogP contribution in [0.1, 0.15) is 6.92 Å². The lowest BCUT2D eigenvalue weighted by Crippen LogP contribution is -2.25. The van der Waals surface area contributed by atoms with Crippen LogP contribution in [0.15, 0.2) is 0 Å². The van der Waals surface area contributed by atoms with Crippen molar-refractivity contribution in [2.75, 3.05) is 18.5 Å². The summed E-state index contributed by atoms with van der Waals surface area (Å²) in [5, 5.41) is 3.28. The third-order valence-electron chi connectivity index (χ3n) is 0.639. The second kappa shape index (κ2) is 5.88. The molecule has 0 fully saturated rings. The molecule has 54 valence electrons. The Bertz CT molecular complexity index is 87.0. The van der Waals surface area contributed by atoms with E-state index in [0.717, 1.165) is 5.33 Å². The fraction of sp³-hybridized carbons (Fsp3) is 0.800. The topological polar surface area (TPSA) is 38.3 Å². The fourth-order valence-electron chi connectivity index (χ4n) is 0.331. The van der Waals surface area contributed by atoms with Crippen molar-refractivity contribution in [1.29, 1.82) is 0 Å². The van der Waals surface area contributed by atoms with Crippen molar-refractivity contribution in [1.82, 2.24) is 5.32 Å². The summed E-state index contributed by atoms with van der Waals surface area (Å²) < 4.78 is 4.57. The van der Waals surface area contributed by atoms with Crippen LogP contribution in [0.4, 0.5) is 4.79 Å². The van der Waals surface area contributed by atoms with Crippen LogP contribution in [0.5, 0.6) is 0 Å². The molecule has 0 heterocycles. The van der Waals surface area contributed by atoms with Crippen molar-refractivity contribution in [3.8, 4) is 0 Å². The zero-order chi connectivity index (χ0) is 7.11. The first kappa shape index (κ1) is 8.75. The molecule has 3 nitrogen and oxygen atoms in total. The van der Waals surface area contributed by atoms with E-state index in [4.69, 9.17) is 0 Å². The predicted molar refractivity (Wildman–Crippen MR) is 38.8 cm³/mol. The van der Waals surface area contributed by atoms with Gasteiger partial charge in [-0.2, -0.15) is 0 Å². The van der Waals surface area contributed by atoms with Crippen LogP contribution in [0.2, 0.25) is 0 Å². The molecule has 0 atom stereocenters. The summed E-state index contributed by atoms with van der Waals surface area (Å²) in [6, 6.07) is 0. The minimum atomic E-state index is -0.350. The molecule has 0 aromatic rings. The highest BCUT2D eigenvalue weighted by atomic mass is 79.9. The van der Waals surface area contributed by atoms with Crippen LogP contribution in [-0.4, -0.2) is 24.6 Å². The zero-order valence-electron chi connectivity index (χ0n) is 5.32. The molecule has 0 aliphatic carbocycles. The lowest BCUT2D eigenvalue weighted by Gasteiger charge is -2.00. The highest BCUT2D eigenvalue weighted by molar-refractivity contribution is 9.09. The molecule has 0 saturated carbocycles. The Balaban J connectivity index is 3.06. The number of alkyl halides is 1. The third-order valence-corrected chi connectivity index (χ3v) is 1.04. The summed E-state index contributed by atoms with van der Waals surface area (Å²) in [7, 11) is 0. The summed E-state index contributed by atoms with van der Waals surface area (Å²) in [6.07, 6.45) is -0.350. The maximum Gasteiger partial charge on any atom is 0.407 e. The molecule has 9 heavy (non-hydrogen) atoms. The summed E-state index contributed by atoms with van der Waals surface area (Å²) in [4.78, 5) is 10.4. The van der Waals surface area contributed by atoms with E-state index in [1.54, 1.807) is 6.92 Å². The van der Waals surface area contributed by atoms with E-state index in [1.165, 1.54) is 0 Å². The van der Waals surface area contributed by atoms with Gasteiger partial charge in [0.1, 0.15) is 0 Å². The fourth-order valence-corrected chi connectivity index (χ4v) is 0.530. The average Bonchev–Trinajstić information content (AvgIpc) is 1.85. The smallest absolute Gasteiger partial charge is 0.407 e. The minimum absolute atomic E-state index is 0.350. The molecule has 1 amide bonds.